The summed E-state index contributed by atoms with van der Waals surface area (Å²) < 4.78 is 43.6. The molecule has 17 heteroatoms. The second-order valence-corrected chi connectivity index (χ2v) is 11.9. The fourth-order valence-corrected chi connectivity index (χ4v) is 5.81. The lowest BCUT2D eigenvalue weighted by Crippen LogP contribution is -2.46. The Hall–Kier alpha value is -5.97. The number of amides is 1. The number of hydrogen-bond donors (Lipinski definition) is 3. The molecule has 276 valence electrons. The van der Waals surface area contributed by atoms with Crippen LogP contribution in [0.3, 0.4) is 0 Å². The number of nitrogens with two attached hydrogens (primary N) is 1. The van der Waals surface area contributed by atoms with Crippen LogP contribution in [0.5, 0.6) is 11.5 Å². The van der Waals surface area contributed by atoms with Gasteiger partial charge in [0.1, 0.15) is 6.04 Å². The number of non-ortho nitro benzene ring substituents is 1. The number of carboxylic acid groups (broad SMARTS) is 2. The fraction of sp³-hybridized carbons (Fsp3) is 0.314. The van der Waals surface area contributed by atoms with E-state index in [-0.39, 0.29) is 24.8 Å². The van der Waals surface area contributed by atoms with Crippen molar-refractivity contribution in [2.24, 2.45) is 11.8 Å². The number of nitrogens with zero attached hydrogens (tertiary/aromatic N) is 4. The Labute approximate surface area is 295 Å². The monoisotopic (exact) mass is 727 g/mol. The molecule has 3 aromatic carbocycles. The zero-order valence-corrected chi connectivity index (χ0v) is 28.2. The second-order valence-electron chi connectivity index (χ2n) is 11.9. The molecule has 1 fully saturated rings. The van der Waals surface area contributed by atoms with Crippen LogP contribution in [0, 0.1) is 16.0 Å². The van der Waals surface area contributed by atoms with Crippen molar-refractivity contribution in [2.45, 2.75) is 51.6 Å². The highest BCUT2D eigenvalue weighted by Crippen LogP contribution is 2.42. The number of pyridine rings is 1. The molecule has 0 aliphatic carbocycles. The minimum Gasteiger partial charge on any atom is -0.490 e. The van der Waals surface area contributed by atoms with Gasteiger partial charge in [-0.2, -0.15) is 13.2 Å². The molecule has 2 heterocycles. The first-order chi connectivity index (χ1) is 24.5. The van der Waals surface area contributed by atoms with Crippen LogP contribution in [0.2, 0.25) is 0 Å². The van der Waals surface area contributed by atoms with E-state index in [2.05, 4.69) is 4.98 Å². The molecule has 1 aliphatic heterocycles. The number of halogens is 3. The number of carboxylic acids is 2. The molecule has 0 radical (unpaired) electrons. The Balaban J connectivity index is 0.000000785. The summed E-state index contributed by atoms with van der Waals surface area (Å²) in [5, 5.41) is 31.9. The van der Waals surface area contributed by atoms with Crippen LogP contribution in [0.25, 0.3) is 10.8 Å². The molecule has 1 amide bonds. The Morgan fingerprint density at radius 2 is 1.77 bits per heavy atom. The second kappa shape index (κ2) is 16.4. The van der Waals surface area contributed by atoms with Crippen LogP contribution >= 0.6 is 0 Å². The largest absolute Gasteiger partial charge is 0.490 e. The number of rotatable bonds is 11. The van der Waals surface area contributed by atoms with Crippen molar-refractivity contribution >= 4 is 40.0 Å². The molecule has 4 aromatic rings. The number of alkyl halides is 3. The van der Waals surface area contributed by atoms with Gasteiger partial charge in [-0.05, 0) is 74.0 Å². The molecule has 52 heavy (non-hydrogen) atoms. The van der Waals surface area contributed by atoms with Gasteiger partial charge in [-0.25, -0.2) is 10.6 Å². The predicted octanol–water partition coefficient (Wildman–Crippen LogP) is 6.06. The average Bonchev–Trinajstić information content (AvgIpc) is 3.55. The van der Waals surface area contributed by atoms with E-state index in [1.807, 2.05) is 39.0 Å². The summed E-state index contributed by atoms with van der Waals surface area (Å²) in [5.41, 5.74) is 1.20. The number of aliphatic carboxylic acids is 2. The van der Waals surface area contributed by atoms with Crippen molar-refractivity contribution in [1.82, 2.24) is 9.88 Å². The summed E-state index contributed by atoms with van der Waals surface area (Å²) >= 11 is 0. The van der Waals surface area contributed by atoms with E-state index in [9.17, 15) is 38.0 Å². The number of aromatic nitrogens is 1. The van der Waals surface area contributed by atoms with Crippen LogP contribution in [0.4, 0.5) is 24.5 Å². The van der Waals surface area contributed by atoms with E-state index in [1.165, 1.54) is 28.1 Å². The molecule has 0 spiro atoms. The molecule has 0 bridgehead atoms. The quantitative estimate of drug-likeness (QED) is 0.0919. The lowest BCUT2D eigenvalue weighted by Gasteiger charge is -2.35. The summed E-state index contributed by atoms with van der Waals surface area (Å²) in [7, 11) is 0. The number of fused-ring (bicyclic) bond motifs is 1. The van der Waals surface area contributed by atoms with E-state index >= 15 is 0 Å². The molecule has 4 N–H and O–H groups in total. The number of benzene rings is 3. The standard InChI is InChI=1S/C33H35N5O7.C2HF3O2/c1-4-44-29-18-23(9-11-28(29)45-20(2)3)31(37(34)25-10-8-24-19-35-14-12-21(24)16-25)32(39)36-15-13-27(33(40)41)30(36)22-6-5-7-26(17-22)38(42)43;3-2(4,5)1(6)7/h5-12,14,16-20,27,30-31H,4,13,15,34H2,1-3H3,(H,40,41);(H,6,7). The normalized spacial score (nSPS) is 16.1. The number of likely N-dealkylation sites (tertiary alicyclic amines) is 1. The maximum Gasteiger partial charge on any atom is 0.490 e. The average molecular weight is 728 g/mol. The first-order valence-corrected chi connectivity index (χ1v) is 15.9. The number of hydrogen-bond acceptors (Lipinski definition) is 10. The highest BCUT2D eigenvalue weighted by molar-refractivity contribution is 5.90. The lowest BCUT2D eigenvalue weighted by atomic mass is 9.92. The third kappa shape index (κ3) is 9.03. The van der Waals surface area contributed by atoms with Gasteiger partial charge in [0.05, 0.1) is 35.3 Å². The zero-order chi connectivity index (χ0) is 38.3. The molecule has 1 saturated heterocycles. The van der Waals surface area contributed by atoms with Crippen molar-refractivity contribution < 1.29 is 52.2 Å². The summed E-state index contributed by atoms with van der Waals surface area (Å²) in [6.07, 6.45) is -1.65. The van der Waals surface area contributed by atoms with Crippen LogP contribution in [0.15, 0.2) is 79.1 Å². The van der Waals surface area contributed by atoms with Crippen LogP contribution < -0.4 is 20.3 Å². The van der Waals surface area contributed by atoms with Gasteiger partial charge >= 0.3 is 18.1 Å². The molecule has 5 rings (SSSR count). The van der Waals surface area contributed by atoms with Crippen molar-refractivity contribution in [3.63, 3.8) is 0 Å². The van der Waals surface area contributed by atoms with Gasteiger partial charge in [0.25, 0.3) is 11.6 Å². The molecule has 1 aromatic heterocycles. The smallest absolute Gasteiger partial charge is 0.490 e. The van der Waals surface area contributed by atoms with E-state index < -0.39 is 46.9 Å². The van der Waals surface area contributed by atoms with Gasteiger partial charge in [0, 0.05) is 36.5 Å². The number of nitro groups is 1. The van der Waals surface area contributed by atoms with Gasteiger partial charge in [0.15, 0.2) is 11.5 Å². The first-order valence-electron chi connectivity index (χ1n) is 15.9. The number of anilines is 1. The minimum atomic E-state index is -5.08. The molecule has 3 unspecified atom stereocenters. The fourth-order valence-electron chi connectivity index (χ4n) is 5.81. The Kier molecular flexibility index (Phi) is 12.2. The summed E-state index contributed by atoms with van der Waals surface area (Å²) in [4.78, 5) is 52.7. The predicted molar refractivity (Wildman–Crippen MR) is 182 cm³/mol. The van der Waals surface area contributed by atoms with Gasteiger partial charge in [-0.3, -0.25) is 29.7 Å². The van der Waals surface area contributed by atoms with Crippen molar-refractivity contribution in [3.8, 4) is 11.5 Å². The highest BCUT2D eigenvalue weighted by atomic mass is 19.4. The molecule has 1 aliphatic rings. The van der Waals surface area contributed by atoms with E-state index in [0.717, 1.165) is 10.8 Å². The number of carbonyl (C=O) groups excluding carboxylic acids is 1. The van der Waals surface area contributed by atoms with E-state index in [4.69, 9.17) is 25.2 Å². The van der Waals surface area contributed by atoms with Gasteiger partial charge < -0.3 is 24.6 Å². The maximum absolute atomic E-state index is 14.7. The number of hydrazine groups is 1. The molecule has 14 nitrogen and oxygen atoms in total. The maximum atomic E-state index is 14.7. The number of ether oxygens (including phenoxy) is 2. The Morgan fingerprint density at radius 3 is 2.38 bits per heavy atom. The first kappa shape index (κ1) is 38.8. The third-order valence-electron chi connectivity index (χ3n) is 8.04. The zero-order valence-electron chi connectivity index (χ0n) is 28.2. The molecule has 0 saturated carbocycles. The van der Waals surface area contributed by atoms with Crippen molar-refractivity contribution in [1.29, 1.82) is 0 Å². The topological polar surface area (TPSA) is 199 Å². The van der Waals surface area contributed by atoms with Crippen LogP contribution in [-0.4, -0.2) is 68.3 Å². The number of nitro benzene ring substituents is 1. The summed E-state index contributed by atoms with van der Waals surface area (Å²) in [6.45, 7) is 6.10. The van der Waals surface area contributed by atoms with Gasteiger partial charge in [0.2, 0.25) is 0 Å². The van der Waals surface area contributed by atoms with E-state index in [0.29, 0.717) is 34.9 Å². The molecular formula is C35H36F3N5O9. The number of carbonyl (C=O) groups is 3. The van der Waals surface area contributed by atoms with Crippen molar-refractivity contribution in [3.05, 3.63) is 100 Å². The van der Waals surface area contributed by atoms with Crippen LogP contribution in [0.1, 0.15) is 50.4 Å². The third-order valence-corrected chi connectivity index (χ3v) is 8.04. The minimum absolute atomic E-state index is 0.115. The molecule has 3 atom stereocenters. The van der Waals surface area contributed by atoms with Gasteiger partial charge in [-0.15, -0.1) is 0 Å². The lowest BCUT2D eigenvalue weighted by molar-refractivity contribution is -0.385. The highest BCUT2D eigenvalue weighted by Gasteiger charge is 2.45. The summed E-state index contributed by atoms with van der Waals surface area (Å²) in [6, 6.07) is 16.2. The SMILES string of the molecule is CCOc1cc(C(C(=O)N2CCC(C(=O)O)C2c2cccc([N+](=O)[O-])c2)N(N)c2ccc3cnccc3c2)ccc1OC(C)C.O=C(O)C(F)(F)F. The Bertz CT molecular complexity index is 1940. The summed E-state index contributed by atoms with van der Waals surface area (Å²) in [5.74, 6) is 2.45. The van der Waals surface area contributed by atoms with Crippen LogP contribution in [-0.2, 0) is 14.4 Å². The Morgan fingerprint density at radius 1 is 1.06 bits per heavy atom. The van der Waals surface area contributed by atoms with E-state index in [1.54, 1.807) is 42.7 Å². The van der Waals surface area contributed by atoms with Gasteiger partial charge in [-0.1, -0.05) is 24.3 Å². The van der Waals surface area contributed by atoms with Crippen molar-refractivity contribution in [2.75, 3.05) is 18.2 Å². The molecular weight excluding hydrogens is 691 g/mol.